The van der Waals surface area contributed by atoms with Gasteiger partial charge in [-0.1, -0.05) is 66.7 Å². The second kappa shape index (κ2) is 9.73. The van der Waals surface area contributed by atoms with Crippen LogP contribution in [-0.2, 0) is 6.54 Å². The molecule has 1 aliphatic rings. The lowest BCUT2D eigenvalue weighted by molar-refractivity contribution is -0.674. The monoisotopic (exact) mass is 487 g/mol. The van der Waals surface area contributed by atoms with Gasteiger partial charge in [-0.15, -0.1) is 0 Å². The fourth-order valence-corrected chi connectivity index (χ4v) is 5.76. The first-order chi connectivity index (χ1) is 16.6. The number of benzene rings is 3. The van der Waals surface area contributed by atoms with Crippen LogP contribution in [0.2, 0.25) is 5.02 Å². The number of allylic oxidation sites excluding steroid dienone is 2. The first kappa shape index (κ1) is 22.8. The van der Waals surface area contributed by atoms with Crippen LogP contribution in [0.3, 0.4) is 0 Å². The first-order valence-electron chi connectivity index (χ1n) is 11.8. The zero-order chi connectivity index (χ0) is 23.7. The van der Waals surface area contributed by atoms with Gasteiger partial charge in [-0.3, -0.25) is 0 Å². The maximum Gasteiger partial charge on any atom is 0.374 e. The van der Waals surface area contributed by atoms with E-state index in [1.54, 1.807) is 11.8 Å². The molecule has 4 aromatic rings. The van der Waals surface area contributed by atoms with Gasteiger partial charge in [0, 0.05) is 22.5 Å². The van der Waals surface area contributed by atoms with Crippen LogP contribution in [-0.4, -0.2) is 6.54 Å². The Morgan fingerprint density at radius 2 is 1.82 bits per heavy atom. The third kappa shape index (κ3) is 4.28. The third-order valence-electron chi connectivity index (χ3n) is 6.19. The molecular weight excluding hydrogens is 460 g/mol. The van der Waals surface area contributed by atoms with Gasteiger partial charge in [-0.25, -0.2) is 0 Å². The fraction of sp³-hybridized carbons (Fsp3) is 0.207. The summed E-state index contributed by atoms with van der Waals surface area (Å²) in [4.78, 5) is 3.57. The lowest BCUT2D eigenvalue weighted by Gasteiger charge is -2.18. The number of halogens is 1. The van der Waals surface area contributed by atoms with E-state index >= 15 is 0 Å². The molecule has 34 heavy (non-hydrogen) atoms. The summed E-state index contributed by atoms with van der Waals surface area (Å²) in [6.45, 7) is 8.26. The van der Waals surface area contributed by atoms with Gasteiger partial charge in [0.05, 0.1) is 16.8 Å². The molecule has 172 valence electrons. The lowest BCUT2D eigenvalue weighted by atomic mass is 10.1. The van der Waals surface area contributed by atoms with Gasteiger partial charge in [0.15, 0.2) is 0 Å². The zero-order valence-electron chi connectivity index (χ0n) is 19.7. The number of hydrogen-bond donors (Lipinski definition) is 0. The summed E-state index contributed by atoms with van der Waals surface area (Å²) in [6, 6.07) is 23.0. The summed E-state index contributed by atoms with van der Waals surface area (Å²) in [7, 11) is 0. The van der Waals surface area contributed by atoms with Gasteiger partial charge in [0.2, 0.25) is 5.58 Å². The second-order valence-electron chi connectivity index (χ2n) is 8.25. The van der Waals surface area contributed by atoms with Gasteiger partial charge < -0.3 is 9.32 Å². The van der Waals surface area contributed by atoms with Crippen molar-refractivity contribution < 1.29 is 8.98 Å². The topological polar surface area (TPSA) is 20.3 Å². The average Bonchev–Trinajstić information content (AvgIpc) is 3.39. The van der Waals surface area contributed by atoms with Crippen LogP contribution < -0.4 is 9.47 Å². The number of thioether (sulfide) groups is 1. The van der Waals surface area contributed by atoms with Crippen LogP contribution in [0.5, 0.6) is 0 Å². The molecule has 3 aromatic carbocycles. The van der Waals surface area contributed by atoms with Crippen molar-refractivity contribution in [2.45, 2.75) is 38.6 Å². The van der Waals surface area contributed by atoms with Crippen LogP contribution in [0.25, 0.3) is 28.3 Å². The van der Waals surface area contributed by atoms with Crippen LogP contribution >= 0.6 is 23.4 Å². The van der Waals surface area contributed by atoms with Crippen molar-refractivity contribution in [3.05, 3.63) is 94.3 Å². The highest BCUT2D eigenvalue weighted by atomic mass is 35.5. The van der Waals surface area contributed by atoms with E-state index in [-0.39, 0.29) is 0 Å². The fourth-order valence-electron chi connectivity index (χ4n) is 4.42. The third-order valence-corrected chi connectivity index (χ3v) is 7.54. The Morgan fingerprint density at radius 1 is 1.00 bits per heavy atom. The molecular formula is C29H28ClN2OS+. The Kier molecular flexibility index (Phi) is 6.53. The van der Waals surface area contributed by atoms with Gasteiger partial charge in [0.1, 0.15) is 6.54 Å². The summed E-state index contributed by atoms with van der Waals surface area (Å²) in [5, 5.41) is 1.99. The van der Waals surface area contributed by atoms with E-state index in [2.05, 4.69) is 97.0 Å². The largest absolute Gasteiger partial charge is 0.398 e. The number of oxazole rings is 1. The molecule has 0 atom stereocenters. The van der Waals surface area contributed by atoms with Crippen molar-refractivity contribution in [1.82, 2.24) is 0 Å². The Bertz CT molecular complexity index is 1400. The number of anilines is 1. The summed E-state index contributed by atoms with van der Waals surface area (Å²) in [5.74, 6) is 0.878. The summed E-state index contributed by atoms with van der Waals surface area (Å²) < 4.78 is 8.58. The minimum Gasteiger partial charge on any atom is -0.398 e. The van der Waals surface area contributed by atoms with Crippen LogP contribution in [0, 0.1) is 0 Å². The predicted octanol–water partition coefficient (Wildman–Crippen LogP) is 8.33. The van der Waals surface area contributed by atoms with E-state index in [9.17, 15) is 0 Å². The normalized spacial score (nSPS) is 14.9. The van der Waals surface area contributed by atoms with Crippen molar-refractivity contribution in [1.29, 1.82) is 0 Å². The molecule has 2 heterocycles. The molecule has 0 fully saturated rings. The molecule has 0 saturated carbocycles. The number of rotatable bonds is 6. The standard InChI is InChI=1S/C29H28ClN2OS/c1-4-20(17-29-32(6-3)25-19-23(30)13-15-27(25)34-29)16-28-31(5-2)24-18-22(12-14-26(24)33-28)21-10-8-7-9-11-21/h7-19H,4-6H2,1-3H3/q+1. The number of hydrogen-bond acceptors (Lipinski definition) is 3. The molecule has 0 bridgehead atoms. The molecule has 0 N–H and O–H groups in total. The van der Waals surface area contributed by atoms with Gasteiger partial charge in [-0.2, -0.15) is 4.57 Å². The number of aryl methyl sites for hydroxylation is 1. The molecule has 0 aliphatic carbocycles. The van der Waals surface area contributed by atoms with Crippen molar-refractivity contribution in [2.75, 3.05) is 11.4 Å². The molecule has 5 rings (SSSR count). The highest BCUT2D eigenvalue weighted by molar-refractivity contribution is 8.03. The Labute approximate surface area is 210 Å². The highest BCUT2D eigenvalue weighted by Gasteiger charge is 2.25. The van der Waals surface area contributed by atoms with Gasteiger partial charge >= 0.3 is 5.89 Å². The molecule has 5 heteroatoms. The molecule has 3 nitrogen and oxygen atoms in total. The van der Waals surface area contributed by atoms with E-state index in [0.717, 1.165) is 41.5 Å². The van der Waals surface area contributed by atoms with Crippen LogP contribution in [0.4, 0.5) is 5.69 Å². The van der Waals surface area contributed by atoms with Gasteiger partial charge in [0.25, 0.3) is 5.52 Å². The van der Waals surface area contributed by atoms with Gasteiger partial charge in [-0.05, 0) is 67.3 Å². The number of nitrogens with zero attached hydrogens (tertiary/aromatic N) is 2. The Hall–Kier alpha value is -2.95. The summed E-state index contributed by atoms with van der Waals surface area (Å²) in [6.07, 6.45) is 5.38. The average molecular weight is 488 g/mol. The minimum atomic E-state index is 0.770. The van der Waals surface area contributed by atoms with Crippen LogP contribution in [0.1, 0.15) is 33.1 Å². The number of fused-ring (bicyclic) bond motifs is 2. The molecule has 0 radical (unpaired) electrons. The lowest BCUT2D eigenvalue weighted by Crippen LogP contribution is -2.33. The molecule has 0 saturated heterocycles. The summed E-state index contributed by atoms with van der Waals surface area (Å²) in [5.41, 5.74) is 6.84. The second-order valence-corrected chi connectivity index (χ2v) is 9.75. The maximum atomic E-state index is 6.33. The maximum absolute atomic E-state index is 6.33. The molecule has 1 aliphatic heterocycles. The smallest absolute Gasteiger partial charge is 0.374 e. The molecule has 0 spiro atoms. The predicted molar refractivity (Wildman–Crippen MR) is 144 cm³/mol. The molecule has 0 unspecified atom stereocenters. The molecule has 0 amide bonds. The Balaban J connectivity index is 1.54. The highest BCUT2D eigenvalue weighted by Crippen LogP contribution is 2.47. The van der Waals surface area contributed by atoms with E-state index in [4.69, 9.17) is 16.0 Å². The van der Waals surface area contributed by atoms with E-state index in [1.165, 1.54) is 32.3 Å². The van der Waals surface area contributed by atoms with Crippen LogP contribution in [0.15, 0.2) is 92.7 Å². The zero-order valence-corrected chi connectivity index (χ0v) is 21.3. The van der Waals surface area contributed by atoms with E-state index in [0.29, 0.717) is 0 Å². The molecule has 1 aromatic heterocycles. The first-order valence-corrected chi connectivity index (χ1v) is 13.0. The summed E-state index contributed by atoms with van der Waals surface area (Å²) >= 11 is 8.07. The van der Waals surface area contributed by atoms with E-state index < -0.39 is 0 Å². The van der Waals surface area contributed by atoms with Crippen molar-refractivity contribution >= 4 is 46.2 Å². The van der Waals surface area contributed by atoms with Crippen molar-refractivity contribution in [2.24, 2.45) is 0 Å². The van der Waals surface area contributed by atoms with Crippen molar-refractivity contribution in [3.63, 3.8) is 0 Å². The number of aromatic nitrogens is 1. The SMILES string of the molecule is CCC(=Cc1oc2ccc(-c3ccccc3)cc2[n+]1CC)C=C1Sc2ccc(Cl)cc2N1CC. The minimum absolute atomic E-state index is 0.770. The van der Waals surface area contributed by atoms with Crippen molar-refractivity contribution in [3.8, 4) is 11.1 Å². The quantitative estimate of drug-likeness (QED) is 0.255. The Morgan fingerprint density at radius 3 is 2.56 bits per heavy atom. The van der Waals surface area contributed by atoms with E-state index in [1.807, 2.05) is 12.1 Å².